The maximum absolute atomic E-state index is 11.9. The van der Waals surface area contributed by atoms with Crippen molar-refractivity contribution in [2.24, 2.45) is 12.8 Å². The predicted octanol–water partition coefficient (Wildman–Crippen LogP) is 0.956. The molecule has 0 fully saturated rings. The highest BCUT2D eigenvalue weighted by Gasteiger charge is 2.05. The molecule has 0 saturated heterocycles. The lowest BCUT2D eigenvalue weighted by molar-refractivity contribution is -0.120. The number of carbonyl (C=O) groups excluding carboxylic acids is 1. The van der Waals surface area contributed by atoms with Gasteiger partial charge in [-0.1, -0.05) is 36.5 Å². The second-order valence-electron chi connectivity index (χ2n) is 4.79. The first-order valence-electron chi connectivity index (χ1n) is 6.68. The zero-order chi connectivity index (χ0) is 15.2. The van der Waals surface area contributed by atoms with Crippen molar-refractivity contribution < 1.29 is 4.79 Å². The van der Waals surface area contributed by atoms with Crippen LogP contribution in [0.4, 0.5) is 0 Å². The number of rotatable bonds is 6. The van der Waals surface area contributed by atoms with Gasteiger partial charge in [-0.05, 0) is 5.56 Å². The van der Waals surface area contributed by atoms with E-state index in [4.69, 9.17) is 18.0 Å². The molecule has 0 aliphatic heterocycles. The van der Waals surface area contributed by atoms with Crippen LogP contribution in [0.25, 0.3) is 0 Å². The fourth-order valence-corrected chi connectivity index (χ4v) is 2.12. The van der Waals surface area contributed by atoms with E-state index in [-0.39, 0.29) is 5.91 Å². The molecule has 0 atom stereocenters. The Morgan fingerprint density at radius 3 is 2.67 bits per heavy atom. The number of imidazole rings is 1. The summed E-state index contributed by atoms with van der Waals surface area (Å²) in [7, 11) is 1.94. The van der Waals surface area contributed by atoms with E-state index in [0.29, 0.717) is 18.0 Å². The molecule has 1 aromatic carbocycles. The first kappa shape index (κ1) is 15.2. The Kier molecular flexibility index (Phi) is 5.05. The molecule has 0 bridgehead atoms. The summed E-state index contributed by atoms with van der Waals surface area (Å²) in [5, 5.41) is 2.89. The molecule has 2 rings (SSSR count). The molecule has 0 aliphatic rings. The van der Waals surface area contributed by atoms with Crippen LogP contribution in [0.5, 0.6) is 0 Å². The van der Waals surface area contributed by atoms with Gasteiger partial charge in [-0.25, -0.2) is 4.98 Å². The molecule has 21 heavy (non-hydrogen) atoms. The van der Waals surface area contributed by atoms with Gasteiger partial charge in [-0.15, -0.1) is 0 Å². The molecule has 0 spiro atoms. The lowest BCUT2D eigenvalue weighted by Crippen LogP contribution is -2.27. The van der Waals surface area contributed by atoms with Crippen LogP contribution in [0.1, 0.15) is 17.0 Å². The number of hydrogen-bond acceptors (Lipinski definition) is 3. The molecule has 5 nitrogen and oxygen atoms in total. The Balaban J connectivity index is 1.79. The van der Waals surface area contributed by atoms with Crippen molar-refractivity contribution in [3.63, 3.8) is 0 Å². The van der Waals surface area contributed by atoms with Gasteiger partial charge >= 0.3 is 0 Å². The third kappa shape index (κ3) is 4.39. The predicted molar refractivity (Wildman–Crippen MR) is 86.0 cm³/mol. The quantitative estimate of drug-likeness (QED) is 0.780. The highest BCUT2D eigenvalue weighted by molar-refractivity contribution is 7.80. The molecule has 0 aliphatic carbocycles. The fourth-order valence-electron chi connectivity index (χ4n) is 1.99. The van der Waals surface area contributed by atoms with Crippen molar-refractivity contribution in [3.05, 3.63) is 53.6 Å². The summed E-state index contributed by atoms with van der Waals surface area (Å²) in [6, 6.07) is 7.40. The van der Waals surface area contributed by atoms with E-state index < -0.39 is 0 Å². The number of nitrogens with zero attached hydrogens (tertiary/aromatic N) is 2. The Hall–Kier alpha value is -2.21. The van der Waals surface area contributed by atoms with Gasteiger partial charge in [0, 0.05) is 38.0 Å². The lowest BCUT2D eigenvalue weighted by Gasteiger charge is -2.06. The minimum absolute atomic E-state index is 0.00714. The first-order valence-corrected chi connectivity index (χ1v) is 7.08. The summed E-state index contributed by atoms with van der Waals surface area (Å²) >= 11 is 4.89. The van der Waals surface area contributed by atoms with Gasteiger partial charge in [0.15, 0.2) is 0 Å². The number of aryl methyl sites for hydroxylation is 1. The smallest absolute Gasteiger partial charge is 0.224 e. The number of carbonyl (C=O) groups is 1. The summed E-state index contributed by atoms with van der Waals surface area (Å²) < 4.78 is 1.95. The second kappa shape index (κ2) is 6.99. The Bertz CT molecular complexity index is 633. The van der Waals surface area contributed by atoms with Crippen LogP contribution in [0.15, 0.2) is 36.7 Å². The SMILES string of the molecule is Cn1ccnc1CCNC(=O)Cc1ccc(C(N)=S)cc1. The minimum atomic E-state index is -0.00714. The summed E-state index contributed by atoms with van der Waals surface area (Å²) in [5.74, 6) is 0.948. The van der Waals surface area contributed by atoms with E-state index >= 15 is 0 Å². The molecular weight excluding hydrogens is 284 g/mol. The molecule has 0 saturated carbocycles. The van der Waals surface area contributed by atoms with Gasteiger partial charge in [-0.2, -0.15) is 0 Å². The number of amides is 1. The average molecular weight is 302 g/mol. The van der Waals surface area contributed by atoms with E-state index in [1.807, 2.05) is 42.1 Å². The standard InChI is InChI=1S/C15H18N4OS/c1-19-9-8-17-13(19)6-7-18-14(20)10-11-2-4-12(5-3-11)15(16)21/h2-5,8-9H,6-7,10H2,1H3,(H2,16,21)(H,18,20). The molecule has 110 valence electrons. The summed E-state index contributed by atoms with van der Waals surface area (Å²) in [4.78, 5) is 16.4. The number of hydrogen-bond donors (Lipinski definition) is 2. The third-order valence-corrected chi connectivity index (χ3v) is 3.43. The maximum atomic E-state index is 11.9. The van der Waals surface area contributed by atoms with Crippen molar-refractivity contribution in [2.45, 2.75) is 12.8 Å². The fraction of sp³-hybridized carbons (Fsp3) is 0.267. The number of nitrogens with one attached hydrogen (secondary N) is 1. The van der Waals surface area contributed by atoms with Gasteiger partial charge in [0.05, 0.1) is 6.42 Å². The Morgan fingerprint density at radius 2 is 2.10 bits per heavy atom. The first-order chi connectivity index (χ1) is 10.1. The monoisotopic (exact) mass is 302 g/mol. The third-order valence-electron chi connectivity index (χ3n) is 3.19. The molecule has 1 amide bonds. The number of thiocarbonyl (C=S) groups is 1. The molecular formula is C15H18N4OS. The van der Waals surface area contributed by atoms with Gasteiger partial charge in [0.25, 0.3) is 0 Å². The van der Waals surface area contributed by atoms with E-state index in [9.17, 15) is 4.79 Å². The molecule has 0 radical (unpaired) electrons. The van der Waals surface area contributed by atoms with Crippen molar-refractivity contribution in [3.8, 4) is 0 Å². The highest BCUT2D eigenvalue weighted by atomic mass is 32.1. The van der Waals surface area contributed by atoms with E-state index in [1.165, 1.54) is 0 Å². The summed E-state index contributed by atoms with van der Waals surface area (Å²) in [6.45, 7) is 0.578. The Labute approximate surface area is 129 Å². The molecule has 6 heteroatoms. The van der Waals surface area contributed by atoms with Gasteiger partial charge in [0.2, 0.25) is 5.91 Å². The van der Waals surface area contributed by atoms with E-state index in [2.05, 4.69) is 10.3 Å². The van der Waals surface area contributed by atoms with Crippen LogP contribution >= 0.6 is 12.2 Å². The lowest BCUT2D eigenvalue weighted by atomic mass is 10.1. The topological polar surface area (TPSA) is 72.9 Å². The largest absolute Gasteiger partial charge is 0.389 e. The number of benzene rings is 1. The zero-order valence-electron chi connectivity index (χ0n) is 11.9. The van der Waals surface area contributed by atoms with Crippen LogP contribution in [0.2, 0.25) is 0 Å². The van der Waals surface area contributed by atoms with E-state index in [1.54, 1.807) is 6.20 Å². The van der Waals surface area contributed by atoms with Crippen LogP contribution in [-0.2, 0) is 24.7 Å². The van der Waals surface area contributed by atoms with Crippen LogP contribution in [0, 0.1) is 0 Å². The van der Waals surface area contributed by atoms with Gasteiger partial charge < -0.3 is 15.6 Å². The molecule has 0 unspecified atom stereocenters. The van der Waals surface area contributed by atoms with Crippen LogP contribution in [0.3, 0.4) is 0 Å². The van der Waals surface area contributed by atoms with Crippen molar-refractivity contribution in [1.82, 2.24) is 14.9 Å². The van der Waals surface area contributed by atoms with Crippen molar-refractivity contribution in [2.75, 3.05) is 6.54 Å². The summed E-state index contributed by atoms with van der Waals surface area (Å²) in [6.07, 6.45) is 4.70. The zero-order valence-corrected chi connectivity index (χ0v) is 12.7. The molecule has 1 heterocycles. The molecule has 3 N–H and O–H groups in total. The second-order valence-corrected chi connectivity index (χ2v) is 5.23. The van der Waals surface area contributed by atoms with Crippen molar-refractivity contribution in [1.29, 1.82) is 0 Å². The Morgan fingerprint density at radius 1 is 1.38 bits per heavy atom. The van der Waals surface area contributed by atoms with Crippen LogP contribution < -0.4 is 11.1 Å². The summed E-state index contributed by atoms with van der Waals surface area (Å²) in [5.41, 5.74) is 7.28. The van der Waals surface area contributed by atoms with Gasteiger partial charge in [-0.3, -0.25) is 4.79 Å². The molecule has 1 aromatic heterocycles. The minimum Gasteiger partial charge on any atom is -0.389 e. The number of aromatic nitrogens is 2. The van der Waals surface area contributed by atoms with E-state index in [0.717, 1.165) is 23.4 Å². The van der Waals surface area contributed by atoms with Crippen LogP contribution in [-0.4, -0.2) is 27.0 Å². The average Bonchev–Trinajstić information content (AvgIpc) is 2.85. The maximum Gasteiger partial charge on any atom is 0.224 e. The van der Waals surface area contributed by atoms with Crippen molar-refractivity contribution >= 4 is 23.1 Å². The highest BCUT2D eigenvalue weighted by Crippen LogP contribution is 2.05. The molecule has 2 aromatic rings. The normalized spacial score (nSPS) is 10.3. The number of nitrogens with two attached hydrogens (primary N) is 1. The van der Waals surface area contributed by atoms with Gasteiger partial charge in [0.1, 0.15) is 10.8 Å².